The highest BCUT2D eigenvalue weighted by Gasteiger charge is 2.28. The zero-order chi connectivity index (χ0) is 20.4. The van der Waals surface area contributed by atoms with Crippen molar-refractivity contribution in [2.24, 2.45) is 0 Å². The van der Waals surface area contributed by atoms with Crippen molar-refractivity contribution in [3.63, 3.8) is 0 Å². The Bertz CT molecular complexity index is 1210. The molecular formula is C22H20N4O2S. The van der Waals surface area contributed by atoms with Crippen LogP contribution < -0.4 is 10.9 Å². The van der Waals surface area contributed by atoms with Gasteiger partial charge in [-0.1, -0.05) is 48.5 Å². The van der Waals surface area contributed by atoms with Crippen LogP contribution in [0.3, 0.4) is 0 Å². The molecule has 0 unspecified atom stereocenters. The number of hydrogen-bond donors (Lipinski definition) is 1. The van der Waals surface area contributed by atoms with Crippen LogP contribution in [0, 0.1) is 0 Å². The van der Waals surface area contributed by atoms with Gasteiger partial charge in [0.2, 0.25) is 0 Å². The number of carbonyl (C=O) groups excluding carboxylic acids is 1. The molecule has 0 saturated carbocycles. The van der Waals surface area contributed by atoms with E-state index in [4.69, 9.17) is 0 Å². The predicted octanol–water partition coefficient (Wildman–Crippen LogP) is 3.57. The molecule has 4 aromatic rings. The van der Waals surface area contributed by atoms with Crippen LogP contribution >= 0.6 is 11.3 Å². The first-order chi connectivity index (χ1) is 14.0. The average Bonchev–Trinajstić information content (AvgIpc) is 3.26. The van der Waals surface area contributed by atoms with Gasteiger partial charge in [-0.25, -0.2) is 9.67 Å². The van der Waals surface area contributed by atoms with Gasteiger partial charge in [-0.2, -0.15) is 5.10 Å². The maximum absolute atomic E-state index is 13.2. The second-order valence-electron chi connectivity index (χ2n) is 7.26. The monoisotopic (exact) mass is 404 g/mol. The van der Waals surface area contributed by atoms with Gasteiger partial charge >= 0.3 is 0 Å². The third-order valence-electron chi connectivity index (χ3n) is 4.65. The standard InChI is InChI=1S/C22H20N4O2S/c1-22(2,21-23-12-13-29-21)24-19(27)18-16-10-6-7-11-17(16)20(28)26(25-18)14-15-8-4-3-5-9-15/h3-13H,14H2,1-2H3,(H,24,27). The molecule has 0 spiro atoms. The molecule has 0 bridgehead atoms. The van der Waals surface area contributed by atoms with E-state index < -0.39 is 5.54 Å². The van der Waals surface area contributed by atoms with Gasteiger partial charge in [0.15, 0.2) is 5.69 Å². The summed E-state index contributed by atoms with van der Waals surface area (Å²) in [5, 5.41) is 11.1. The highest BCUT2D eigenvalue weighted by molar-refractivity contribution is 7.09. The zero-order valence-electron chi connectivity index (χ0n) is 16.1. The third-order valence-corrected chi connectivity index (χ3v) is 5.75. The molecular weight excluding hydrogens is 384 g/mol. The Kier molecular flexibility index (Phi) is 4.98. The highest BCUT2D eigenvalue weighted by Crippen LogP contribution is 2.23. The molecule has 0 aliphatic heterocycles. The van der Waals surface area contributed by atoms with E-state index in [2.05, 4.69) is 15.4 Å². The molecule has 0 aliphatic rings. The van der Waals surface area contributed by atoms with E-state index in [9.17, 15) is 9.59 Å². The first kappa shape index (κ1) is 19.0. The summed E-state index contributed by atoms with van der Waals surface area (Å²) in [7, 11) is 0. The van der Waals surface area contributed by atoms with Crippen molar-refractivity contribution in [3.05, 3.63) is 92.8 Å². The van der Waals surface area contributed by atoms with E-state index in [0.29, 0.717) is 17.3 Å². The summed E-state index contributed by atoms with van der Waals surface area (Å²) in [4.78, 5) is 30.4. The van der Waals surface area contributed by atoms with Crippen molar-refractivity contribution in [1.29, 1.82) is 0 Å². The topological polar surface area (TPSA) is 76.9 Å². The second kappa shape index (κ2) is 7.60. The fraction of sp³-hybridized carbons (Fsp3) is 0.182. The molecule has 4 rings (SSSR count). The molecule has 1 N–H and O–H groups in total. The lowest BCUT2D eigenvalue weighted by atomic mass is 10.1. The quantitative estimate of drug-likeness (QED) is 0.552. The largest absolute Gasteiger partial charge is 0.339 e. The Labute approximate surface area is 171 Å². The van der Waals surface area contributed by atoms with E-state index in [1.165, 1.54) is 16.0 Å². The fourth-order valence-electron chi connectivity index (χ4n) is 3.19. The maximum Gasteiger partial charge on any atom is 0.274 e. The molecule has 2 aromatic carbocycles. The Morgan fingerprint density at radius 2 is 1.76 bits per heavy atom. The molecule has 2 heterocycles. The number of fused-ring (bicyclic) bond motifs is 1. The Hall–Kier alpha value is -3.32. The highest BCUT2D eigenvalue weighted by atomic mass is 32.1. The first-order valence-electron chi connectivity index (χ1n) is 9.22. The number of amides is 1. The van der Waals surface area contributed by atoms with Gasteiger partial charge in [0.1, 0.15) is 5.01 Å². The van der Waals surface area contributed by atoms with E-state index in [0.717, 1.165) is 10.6 Å². The minimum absolute atomic E-state index is 0.222. The van der Waals surface area contributed by atoms with Crippen LogP contribution in [0.4, 0.5) is 0 Å². The van der Waals surface area contributed by atoms with Crippen LogP contribution in [0.25, 0.3) is 10.8 Å². The molecule has 7 heteroatoms. The molecule has 0 aliphatic carbocycles. The van der Waals surface area contributed by atoms with Crippen LogP contribution in [0.2, 0.25) is 0 Å². The van der Waals surface area contributed by atoms with Crippen molar-refractivity contribution in [1.82, 2.24) is 20.1 Å². The van der Waals surface area contributed by atoms with E-state index in [1.807, 2.05) is 49.6 Å². The summed E-state index contributed by atoms with van der Waals surface area (Å²) < 4.78 is 1.35. The predicted molar refractivity (Wildman–Crippen MR) is 114 cm³/mol. The Balaban J connectivity index is 1.78. The lowest BCUT2D eigenvalue weighted by Crippen LogP contribution is -2.42. The number of thiazole rings is 1. The van der Waals surface area contributed by atoms with Crippen LogP contribution in [0.15, 0.2) is 71.0 Å². The van der Waals surface area contributed by atoms with Crippen LogP contribution in [-0.4, -0.2) is 20.7 Å². The van der Waals surface area contributed by atoms with Crippen molar-refractivity contribution in [2.45, 2.75) is 25.9 Å². The summed E-state index contributed by atoms with van der Waals surface area (Å²) >= 11 is 1.48. The Morgan fingerprint density at radius 3 is 2.45 bits per heavy atom. The molecule has 29 heavy (non-hydrogen) atoms. The molecule has 0 atom stereocenters. The number of aromatic nitrogens is 3. The second-order valence-corrected chi connectivity index (χ2v) is 8.15. The van der Waals surface area contributed by atoms with Gasteiger partial charge in [-0.05, 0) is 25.5 Å². The summed E-state index contributed by atoms with van der Waals surface area (Å²) in [5.41, 5.74) is 0.279. The van der Waals surface area contributed by atoms with Gasteiger partial charge < -0.3 is 5.32 Å². The number of benzene rings is 2. The van der Waals surface area contributed by atoms with Crippen LogP contribution in [-0.2, 0) is 12.1 Å². The summed E-state index contributed by atoms with van der Waals surface area (Å²) in [5.74, 6) is -0.344. The normalized spacial score (nSPS) is 11.5. The molecule has 0 radical (unpaired) electrons. The van der Waals surface area contributed by atoms with Crippen molar-refractivity contribution < 1.29 is 4.79 Å². The van der Waals surface area contributed by atoms with Gasteiger partial charge in [0.05, 0.1) is 17.5 Å². The SMILES string of the molecule is CC(C)(NC(=O)c1nn(Cc2ccccc2)c(=O)c2ccccc12)c1nccs1. The number of nitrogens with one attached hydrogen (secondary N) is 1. The smallest absolute Gasteiger partial charge is 0.274 e. The van der Waals surface area contributed by atoms with Crippen molar-refractivity contribution in [3.8, 4) is 0 Å². The number of carbonyl (C=O) groups is 1. The van der Waals surface area contributed by atoms with Gasteiger partial charge in [0.25, 0.3) is 11.5 Å². The zero-order valence-corrected chi connectivity index (χ0v) is 16.9. The lowest BCUT2D eigenvalue weighted by Gasteiger charge is -2.24. The first-order valence-corrected chi connectivity index (χ1v) is 10.1. The van der Waals surface area contributed by atoms with Crippen molar-refractivity contribution >= 4 is 28.0 Å². The van der Waals surface area contributed by atoms with Crippen LogP contribution in [0.5, 0.6) is 0 Å². The minimum Gasteiger partial charge on any atom is -0.339 e. The van der Waals surface area contributed by atoms with E-state index in [-0.39, 0.29) is 17.2 Å². The van der Waals surface area contributed by atoms with Gasteiger partial charge in [-0.15, -0.1) is 11.3 Å². The third kappa shape index (κ3) is 3.82. The molecule has 1 amide bonds. The number of hydrogen-bond acceptors (Lipinski definition) is 5. The maximum atomic E-state index is 13.2. The van der Waals surface area contributed by atoms with E-state index in [1.54, 1.807) is 30.5 Å². The molecule has 146 valence electrons. The van der Waals surface area contributed by atoms with Crippen LogP contribution in [0.1, 0.15) is 34.9 Å². The molecule has 2 aromatic heterocycles. The molecule has 6 nitrogen and oxygen atoms in total. The number of rotatable bonds is 5. The minimum atomic E-state index is -0.658. The van der Waals surface area contributed by atoms with Gasteiger partial charge in [0, 0.05) is 17.0 Å². The summed E-state index contributed by atoms with van der Waals surface area (Å²) in [6, 6.07) is 16.6. The average molecular weight is 404 g/mol. The molecule has 0 fully saturated rings. The van der Waals surface area contributed by atoms with Gasteiger partial charge in [-0.3, -0.25) is 9.59 Å². The summed E-state index contributed by atoms with van der Waals surface area (Å²) in [6.45, 7) is 4.08. The molecule has 0 saturated heterocycles. The summed E-state index contributed by atoms with van der Waals surface area (Å²) in [6.07, 6.45) is 1.71. The van der Waals surface area contributed by atoms with E-state index >= 15 is 0 Å². The van der Waals surface area contributed by atoms with Crippen molar-refractivity contribution in [2.75, 3.05) is 0 Å². The number of nitrogens with zero attached hydrogens (tertiary/aromatic N) is 3. The lowest BCUT2D eigenvalue weighted by molar-refractivity contribution is 0.0906. The fourth-order valence-corrected chi connectivity index (χ4v) is 3.91. The Morgan fingerprint density at radius 1 is 1.07 bits per heavy atom.